The normalized spacial score (nSPS) is 14.6. The van der Waals surface area contributed by atoms with Crippen molar-refractivity contribution in [1.82, 2.24) is 19.1 Å². The maximum atomic E-state index is 11.6. The largest absolute Gasteiger partial charge is 0.461 e. The van der Waals surface area contributed by atoms with Gasteiger partial charge in [0.2, 0.25) is 5.13 Å². The van der Waals surface area contributed by atoms with Crippen LogP contribution in [0.5, 0.6) is 0 Å². The van der Waals surface area contributed by atoms with E-state index in [1.54, 1.807) is 13.1 Å². The fraction of sp³-hybridized carbons (Fsp3) is 0.455. The second-order valence-electron chi connectivity index (χ2n) is 4.31. The fourth-order valence-corrected chi connectivity index (χ4v) is 2.35. The highest BCUT2D eigenvalue weighted by atomic mass is 32.1. The molecule has 1 fully saturated rings. The molecule has 0 amide bonds. The van der Waals surface area contributed by atoms with Gasteiger partial charge in [0, 0.05) is 17.5 Å². The van der Waals surface area contributed by atoms with Crippen molar-refractivity contribution in [3.05, 3.63) is 17.7 Å². The molecule has 2 aromatic heterocycles. The average molecular weight is 279 g/mol. The second kappa shape index (κ2) is 4.61. The molecule has 0 aliphatic heterocycles. The van der Waals surface area contributed by atoms with E-state index in [2.05, 4.69) is 14.5 Å². The summed E-state index contributed by atoms with van der Waals surface area (Å²) in [5.41, 5.74) is 6.16. The van der Waals surface area contributed by atoms with Crippen LogP contribution in [0.2, 0.25) is 0 Å². The highest BCUT2D eigenvalue weighted by Crippen LogP contribution is 2.39. The van der Waals surface area contributed by atoms with Gasteiger partial charge in [-0.2, -0.15) is 9.47 Å². The van der Waals surface area contributed by atoms with Gasteiger partial charge in [-0.3, -0.25) is 0 Å². The molecule has 3 rings (SSSR count). The van der Waals surface area contributed by atoms with E-state index in [9.17, 15) is 4.79 Å². The van der Waals surface area contributed by atoms with Crippen LogP contribution in [0.1, 0.15) is 42.0 Å². The Labute approximate surface area is 113 Å². The van der Waals surface area contributed by atoms with Gasteiger partial charge in [-0.05, 0) is 19.8 Å². The van der Waals surface area contributed by atoms with Crippen LogP contribution in [0.25, 0.3) is 5.13 Å². The first-order chi connectivity index (χ1) is 9.19. The topological polar surface area (TPSA) is 95.9 Å². The van der Waals surface area contributed by atoms with Gasteiger partial charge in [0.05, 0.1) is 18.5 Å². The smallest absolute Gasteiger partial charge is 0.361 e. The third kappa shape index (κ3) is 2.30. The van der Waals surface area contributed by atoms with Crippen LogP contribution in [-0.2, 0) is 4.74 Å². The van der Waals surface area contributed by atoms with Gasteiger partial charge < -0.3 is 10.5 Å². The highest BCUT2D eigenvalue weighted by molar-refractivity contribution is 7.08. The van der Waals surface area contributed by atoms with Crippen molar-refractivity contribution in [1.29, 1.82) is 0 Å². The lowest BCUT2D eigenvalue weighted by atomic mass is 10.4. The predicted octanol–water partition coefficient (Wildman–Crippen LogP) is 1.36. The number of esters is 1. The molecule has 0 atom stereocenters. The van der Waals surface area contributed by atoms with E-state index in [0.717, 1.165) is 18.7 Å². The van der Waals surface area contributed by atoms with Gasteiger partial charge in [-0.1, -0.05) is 0 Å². The number of anilines is 1. The van der Waals surface area contributed by atoms with Crippen molar-refractivity contribution in [3.8, 4) is 5.13 Å². The van der Waals surface area contributed by atoms with Crippen LogP contribution in [0, 0.1) is 0 Å². The number of carbonyl (C=O) groups is 1. The van der Waals surface area contributed by atoms with Gasteiger partial charge in [-0.25, -0.2) is 14.5 Å². The number of ether oxygens (including phenoxy) is 1. The highest BCUT2D eigenvalue weighted by Gasteiger charge is 2.28. The standard InChI is InChI=1S/C11H13N5O2S/c1-2-18-10(17)8-7(12)5-16(14-8)11-13-9(15-19-11)6-3-4-6/h5-6H,2-4,12H2,1H3. The van der Waals surface area contributed by atoms with Gasteiger partial charge in [0.25, 0.3) is 0 Å². The molecule has 1 saturated carbocycles. The van der Waals surface area contributed by atoms with Crippen molar-refractivity contribution < 1.29 is 9.53 Å². The monoisotopic (exact) mass is 279 g/mol. The minimum Gasteiger partial charge on any atom is -0.461 e. The number of nitrogens with zero attached hydrogens (tertiary/aromatic N) is 4. The number of aromatic nitrogens is 4. The molecule has 19 heavy (non-hydrogen) atoms. The van der Waals surface area contributed by atoms with Crippen molar-refractivity contribution in [2.45, 2.75) is 25.7 Å². The van der Waals surface area contributed by atoms with E-state index in [4.69, 9.17) is 10.5 Å². The molecule has 100 valence electrons. The molecule has 0 unspecified atom stereocenters. The van der Waals surface area contributed by atoms with E-state index in [0.29, 0.717) is 11.0 Å². The molecule has 0 radical (unpaired) electrons. The summed E-state index contributed by atoms with van der Waals surface area (Å²) in [5, 5.41) is 4.73. The molecular formula is C11H13N5O2S. The molecule has 2 N–H and O–H groups in total. The van der Waals surface area contributed by atoms with Gasteiger partial charge in [-0.15, -0.1) is 0 Å². The zero-order valence-electron chi connectivity index (χ0n) is 10.4. The minimum atomic E-state index is -0.523. The zero-order chi connectivity index (χ0) is 13.4. The van der Waals surface area contributed by atoms with Crippen LogP contribution in [0.15, 0.2) is 6.20 Å². The lowest BCUT2D eigenvalue weighted by Gasteiger charge is -1.97. The van der Waals surface area contributed by atoms with Gasteiger partial charge >= 0.3 is 5.97 Å². The molecule has 0 aromatic carbocycles. The summed E-state index contributed by atoms with van der Waals surface area (Å²) >= 11 is 1.25. The first-order valence-electron chi connectivity index (χ1n) is 6.05. The number of rotatable bonds is 4. The lowest BCUT2D eigenvalue weighted by molar-refractivity contribution is 0.0520. The molecule has 0 spiro atoms. The summed E-state index contributed by atoms with van der Waals surface area (Å²) in [6.45, 7) is 2.02. The SMILES string of the molecule is CCOC(=O)c1nn(-c2nc(C3CC3)ns2)cc1N. The van der Waals surface area contributed by atoms with Crippen LogP contribution < -0.4 is 5.73 Å². The molecule has 2 aromatic rings. The molecular weight excluding hydrogens is 266 g/mol. The Hall–Kier alpha value is -1.96. The van der Waals surface area contributed by atoms with Crippen molar-refractivity contribution in [3.63, 3.8) is 0 Å². The van der Waals surface area contributed by atoms with Crippen molar-refractivity contribution in [2.24, 2.45) is 0 Å². The van der Waals surface area contributed by atoms with Gasteiger partial charge in [0.1, 0.15) is 5.82 Å². The summed E-state index contributed by atoms with van der Waals surface area (Å²) in [7, 11) is 0. The lowest BCUT2D eigenvalue weighted by Crippen LogP contribution is -2.08. The first kappa shape index (κ1) is 12.1. The van der Waals surface area contributed by atoms with E-state index in [1.807, 2.05) is 0 Å². The molecule has 1 aliphatic carbocycles. The first-order valence-corrected chi connectivity index (χ1v) is 6.82. The maximum Gasteiger partial charge on any atom is 0.361 e. The second-order valence-corrected chi connectivity index (χ2v) is 5.04. The number of hydrogen-bond acceptors (Lipinski definition) is 7. The predicted molar refractivity (Wildman–Crippen MR) is 69.4 cm³/mol. The van der Waals surface area contributed by atoms with Crippen LogP contribution in [0.4, 0.5) is 5.69 Å². The summed E-state index contributed by atoms with van der Waals surface area (Å²) in [6.07, 6.45) is 3.85. The molecule has 8 heteroatoms. The number of nitrogens with two attached hydrogens (primary N) is 1. The molecule has 1 aliphatic rings. The van der Waals surface area contributed by atoms with Crippen LogP contribution in [-0.4, -0.2) is 31.7 Å². The molecule has 7 nitrogen and oxygen atoms in total. The Morgan fingerprint density at radius 2 is 2.42 bits per heavy atom. The Bertz CT molecular complexity index is 616. The van der Waals surface area contributed by atoms with E-state index in [-0.39, 0.29) is 18.0 Å². The third-order valence-corrected chi connectivity index (χ3v) is 3.50. The number of carbonyl (C=O) groups excluding carboxylic acids is 1. The van der Waals surface area contributed by atoms with Crippen molar-refractivity contribution >= 4 is 23.2 Å². The van der Waals surface area contributed by atoms with Gasteiger partial charge in [0.15, 0.2) is 5.69 Å². The third-order valence-electron chi connectivity index (χ3n) is 2.78. The summed E-state index contributed by atoms with van der Waals surface area (Å²) in [4.78, 5) is 16.0. The maximum absolute atomic E-state index is 11.6. The van der Waals surface area contributed by atoms with E-state index >= 15 is 0 Å². The zero-order valence-corrected chi connectivity index (χ0v) is 11.2. The quantitative estimate of drug-likeness (QED) is 0.849. The average Bonchev–Trinajstić information content (AvgIpc) is 2.98. The summed E-state index contributed by atoms with van der Waals surface area (Å²) in [5.74, 6) is 0.819. The fourth-order valence-electron chi connectivity index (χ4n) is 1.67. The minimum absolute atomic E-state index is 0.116. The Morgan fingerprint density at radius 3 is 3.11 bits per heavy atom. The Kier molecular flexibility index (Phi) is 2.94. The van der Waals surface area contributed by atoms with Crippen LogP contribution >= 0.6 is 11.5 Å². The molecule has 0 saturated heterocycles. The number of hydrogen-bond donors (Lipinski definition) is 1. The number of nitrogen functional groups attached to an aromatic ring is 1. The van der Waals surface area contributed by atoms with E-state index in [1.165, 1.54) is 16.2 Å². The summed E-state index contributed by atoms with van der Waals surface area (Å²) in [6, 6.07) is 0. The van der Waals surface area contributed by atoms with E-state index < -0.39 is 5.97 Å². The Balaban J connectivity index is 1.87. The van der Waals surface area contributed by atoms with Crippen LogP contribution in [0.3, 0.4) is 0 Å². The van der Waals surface area contributed by atoms with Crippen molar-refractivity contribution in [2.75, 3.05) is 12.3 Å². The summed E-state index contributed by atoms with van der Waals surface area (Å²) < 4.78 is 10.6. The Morgan fingerprint density at radius 1 is 1.63 bits per heavy atom. The molecule has 0 bridgehead atoms. The molecule has 2 heterocycles.